The van der Waals surface area contributed by atoms with E-state index in [1.807, 2.05) is 20.8 Å². The molecule has 0 aromatic rings. The number of hydrogen-bond donors (Lipinski definition) is 3. The lowest BCUT2D eigenvalue weighted by Crippen LogP contribution is -2.63. The molecule has 8 heteroatoms. The zero-order valence-electron chi connectivity index (χ0n) is 20.2. The molecular formula is C22H42BN3O4. The molecule has 2 aliphatic rings. The van der Waals surface area contributed by atoms with Gasteiger partial charge in [0.1, 0.15) is 5.54 Å². The lowest BCUT2D eigenvalue weighted by atomic mass is 9.77. The van der Waals surface area contributed by atoms with Crippen molar-refractivity contribution < 1.29 is 18.9 Å². The van der Waals surface area contributed by atoms with Crippen LogP contribution in [0.2, 0.25) is 6.32 Å². The number of carbonyl (C=O) groups excluding carboxylic acids is 2. The van der Waals surface area contributed by atoms with Crippen molar-refractivity contribution in [1.82, 2.24) is 10.6 Å². The Hall–Kier alpha value is -1.12. The average molecular weight is 423 g/mol. The van der Waals surface area contributed by atoms with Crippen molar-refractivity contribution in [3.63, 3.8) is 0 Å². The Balaban J connectivity index is 2.12. The van der Waals surface area contributed by atoms with Gasteiger partial charge in [0.05, 0.1) is 11.2 Å². The van der Waals surface area contributed by atoms with Gasteiger partial charge in [0.2, 0.25) is 11.8 Å². The van der Waals surface area contributed by atoms with E-state index < -0.39 is 5.54 Å². The number of rotatable bonds is 7. The van der Waals surface area contributed by atoms with Gasteiger partial charge >= 0.3 is 7.12 Å². The maximum atomic E-state index is 13.4. The van der Waals surface area contributed by atoms with Crippen molar-refractivity contribution in [3.05, 3.63) is 0 Å². The van der Waals surface area contributed by atoms with E-state index in [0.717, 1.165) is 25.6 Å². The van der Waals surface area contributed by atoms with E-state index in [1.165, 1.54) is 6.92 Å². The third-order valence-electron chi connectivity index (χ3n) is 6.85. The van der Waals surface area contributed by atoms with E-state index in [1.54, 1.807) is 0 Å². The molecule has 4 N–H and O–H groups in total. The first-order valence-electron chi connectivity index (χ1n) is 11.3. The smallest absolute Gasteiger partial charge is 0.403 e. The highest BCUT2D eigenvalue weighted by atomic mass is 16.7. The Kier molecular flexibility index (Phi) is 7.37. The number of amides is 2. The van der Waals surface area contributed by atoms with Crippen molar-refractivity contribution >= 4 is 18.9 Å². The predicted octanol–water partition coefficient (Wildman–Crippen LogP) is 2.63. The largest absolute Gasteiger partial charge is 0.457 e. The normalized spacial score (nSPS) is 30.4. The number of nitrogens with two attached hydrogens (primary N) is 1. The highest BCUT2D eigenvalue weighted by molar-refractivity contribution is 6.45. The summed E-state index contributed by atoms with van der Waals surface area (Å²) in [5.41, 5.74) is 3.99. The molecule has 30 heavy (non-hydrogen) atoms. The molecule has 7 nitrogen and oxygen atoms in total. The molecule has 0 aromatic heterocycles. The summed E-state index contributed by atoms with van der Waals surface area (Å²) >= 11 is 0. The van der Waals surface area contributed by atoms with Gasteiger partial charge in [-0.2, -0.15) is 0 Å². The monoisotopic (exact) mass is 423 g/mol. The third kappa shape index (κ3) is 5.57. The van der Waals surface area contributed by atoms with Crippen LogP contribution < -0.4 is 16.4 Å². The first kappa shape index (κ1) is 25.1. The minimum absolute atomic E-state index is 0.0275. The van der Waals surface area contributed by atoms with E-state index in [-0.39, 0.29) is 47.5 Å². The number of carbonyl (C=O) groups is 2. The highest BCUT2D eigenvalue weighted by Crippen LogP contribution is 2.44. The van der Waals surface area contributed by atoms with Crippen LogP contribution in [-0.4, -0.2) is 47.8 Å². The summed E-state index contributed by atoms with van der Waals surface area (Å²) in [5.74, 6) is -0.0568. The van der Waals surface area contributed by atoms with E-state index >= 15 is 0 Å². The summed E-state index contributed by atoms with van der Waals surface area (Å²) in [6.07, 6.45) is 3.82. The molecule has 1 aliphatic heterocycles. The minimum Gasteiger partial charge on any atom is -0.403 e. The second kappa shape index (κ2) is 8.79. The molecular weight excluding hydrogens is 381 g/mol. The van der Waals surface area contributed by atoms with Crippen LogP contribution in [0, 0.1) is 11.8 Å². The molecule has 0 aromatic carbocycles. The summed E-state index contributed by atoms with van der Waals surface area (Å²) in [7, 11) is -0.250. The predicted molar refractivity (Wildman–Crippen MR) is 120 cm³/mol. The SMILES string of the molecule is CC(=O)N[C@@]1(C(=O)NC(C)(C)C)C[C@@H](CN)C[C@@H]1CCCB1OC(C)(C)C(C)(C)O1. The van der Waals surface area contributed by atoms with Crippen molar-refractivity contribution in [2.24, 2.45) is 17.6 Å². The Morgan fingerprint density at radius 3 is 2.17 bits per heavy atom. The highest BCUT2D eigenvalue weighted by Gasteiger charge is 2.54. The molecule has 0 radical (unpaired) electrons. The Bertz CT molecular complexity index is 631. The topological polar surface area (TPSA) is 103 Å². The molecule has 3 atom stereocenters. The standard InChI is InChI=1S/C22H42BN3O4/c1-15(27)25-22(18(28)26-19(2,3)4)13-16(14-24)12-17(22)10-9-11-23-29-20(5,6)21(7,8)30-23/h16-17H,9-14,24H2,1-8H3,(H,25,27)(H,26,28)/t16-,17-,22-/m0/s1. The van der Waals surface area contributed by atoms with Gasteiger partial charge in [-0.15, -0.1) is 0 Å². The number of hydrogen-bond acceptors (Lipinski definition) is 5. The Labute approximate surface area is 182 Å². The van der Waals surface area contributed by atoms with Crippen LogP contribution in [0.25, 0.3) is 0 Å². The summed E-state index contributed by atoms with van der Waals surface area (Å²) in [4.78, 5) is 25.4. The molecule has 1 saturated heterocycles. The fourth-order valence-corrected chi connectivity index (χ4v) is 4.72. The van der Waals surface area contributed by atoms with Gasteiger partial charge in [0, 0.05) is 12.5 Å². The van der Waals surface area contributed by atoms with Crippen LogP contribution in [0.4, 0.5) is 0 Å². The lowest BCUT2D eigenvalue weighted by Gasteiger charge is -2.37. The maximum Gasteiger partial charge on any atom is 0.457 e. The fourth-order valence-electron chi connectivity index (χ4n) is 4.72. The zero-order chi connectivity index (χ0) is 23.0. The summed E-state index contributed by atoms with van der Waals surface area (Å²) in [6.45, 7) is 16.0. The summed E-state index contributed by atoms with van der Waals surface area (Å²) in [6, 6.07) is 0. The van der Waals surface area contributed by atoms with Gasteiger partial charge in [0.15, 0.2) is 0 Å². The van der Waals surface area contributed by atoms with Crippen molar-refractivity contribution in [3.8, 4) is 0 Å². The van der Waals surface area contributed by atoms with Gasteiger partial charge in [0.25, 0.3) is 0 Å². The van der Waals surface area contributed by atoms with Gasteiger partial charge in [-0.05, 0) is 92.4 Å². The number of nitrogens with one attached hydrogen (secondary N) is 2. The van der Waals surface area contributed by atoms with Crippen molar-refractivity contribution in [2.75, 3.05) is 6.54 Å². The molecule has 2 amide bonds. The molecule has 2 rings (SSSR count). The second-order valence-corrected chi connectivity index (χ2v) is 11.2. The molecule has 0 spiro atoms. The van der Waals surface area contributed by atoms with Gasteiger partial charge in [-0.3, -0.25) is 9.59 Å². The molecule has 0 unspecified atom stereocenters. The molecule has 1 aliphatic carbocycles. The first-order chi connectivity index (χ1) is 13.6. The first-order valence-corrected chi connectivity index (χ1v) is 11.3. The van der Waals surface area contributed by atoms with Gasteiger partial charge in [-0.25, -0.2) is 0 Å². The van der Waals surface area contributed by atoms with Crippen molar-refractivity contribution in [2.45, 2.75) is 110 Å². The third-order valence-corrected chi connectivity index (χ3v) is 6.85. The molecule has 1 heterocycles. The van der Waals surface area contributed by atoms with Gasteiger partial charge in [-0.1, -0.05) is 6.42 Å². The summed E-state index contributed by atoms with van der Waals surface area (Å²) in [5, 5.41) is 6.12. The average Bonchev–Trinajstić information content (AvgIpc) is 3.00. The van der Waals surface area contributed by atoms with Crippen molar-refractivity contribution in [1.29, 1.82) is 0 Å². The second-order valence-electron chi connectivity index (χ2n) is 11.2. The summed E-state index contributed by atoms with van der Waals surface area (Å²) < 4.78 is 12.2. The quantitative estimate of drug-likeness (QED) is 0.547. The fraction of sp³-hybridized carbons (Fsp3) is 0.909. The van der Waals surface area contributed by atoms with Crippen LogP contribution in [0.15, 0.2) is 0 Å². The molecule has 2 fully saturated rings. The van der Waals surface area contributed by atoms with Crippen LogP contribution in [0.5, 0.6) is 0 Å². The molecule has 1 saturated carbocycles. The van der Waals surface area contributed by atoms with Crippen LogP contribution >= 0.6 is 0 Å². The lowest BCUT2D eigenvalue weighted by molar-refractivity contribution is -0.135. The molecule has 172 valence electrons. The maximum absolute atomic E-state index is 13.4. The van der Waals surface area contributed by atoms with E-state index in [4.69, 9.17) is 15.0 Å². The van der Waals surface area contributed by atoms with Crippen LogP contribution in [-0.2, 0) is 18.9 Å². The zero-order valence-corrected chi connectivity index (χ0v) is 20.2. The van der Waals surface area contributed by atoms with E-state index in [9.17, 15) is 9.59 Å². The van der Waals surface area contributed by atoms with Crippen LogP contribution in [0.1, 0.15) is 81.1 Å². The van der Waals surface area contributed by atoms with Crippen LogP contribution in [0.3, 0.4) is 0 Å². The Morgan fingerprint density at radius 2 is 1.70 bits per heavy atom. The van der Waals surface area contributed by atoms with E-state index in [0.29, 0.717) is 13.0 Å². The Morgan fingerprint density at radius 1 is 1.13 bits per heavy atom. The minimum atomic E-state index is -0.918. The van der Waals surface area contributed by atoms with Gasteiger partial charge < -0.3 is 25.7 Å². The molecule has 0 bridgehead atoms. The van der Waals surface area contributed by atoms with E-state index in [2.05, 4.69) is 38.3 Å².